The van der Waals surface area contributed by atoms with Crippen LogP contribution in [-0.4, -0.2) is 17.6 Å². The predicted molar refractivity (Wildman–Crippen MR) is 74.3 cm³/mol. The molecule has 3 heteroatoms. The lowest BCUT2D eigenvalue weighted by molar-refractivity contribution is -0.129. The molecule has 2 unspecified atom stereocenters. The smallest absolute Gasteiger partial charge is 0.0678 e. The molecule has 1 N–H and O–H groups in total. The van der Waals surface area contributed by atoms with Crippen molar-refractivity contribution in [2.24, 2.45) is 5.41 Å². The maximum absolute atomic E-state index is 10.6. The Morgan fingerprint density at radius 1 is 0.857 bits per heavy atom. The fourth-order valence-electron chi connectivity index (χ4n) is 4.82. The average molecular weight is 418 g/mol. The average Bonchev–Trinajstić information content (AvgIpc) is 1.67. The number of rotatable bonds is 0. The van der Waals surface area contributed by atoms with Crippen LogP contribution in [0.25, 0.3) is 0 Å². The van der Waals surface area contributed by atoms with Gasteiger partial charge < -0.3 is 5.11 Å². The minimum Gasteiger partial charge on any atom is -0.390 e. The Hall–Kier alpha value is 1.42. The number of halogens is 2. The van der Waals surface area contributed by atoms with E-state index in [0.717, 1.165) is 19.3 Å². The maximum Gasteiger partial charge on any atom is 0.0678 e. The van der Waals surface area contributed by atoms with Crippen LogP contribution < -0.4 is 0 Å². The third-order valence-electron chi connectivity index (χ3n) is 4.17. The zero-order valence-electron chi connectivity index (χ0n) is 8.45. The molecule has 14 heavy (non-hydrogen) atoms. The Labute approximate surface area is 113 Å². The SMILES string of the molecule is CC12CC3(O)CC(I)(C1)CC(I)(C2)C3. The normalized spacial score (nSPS) is 66.0. The summed E-state index contributed by atoms with van der Waals surface area (Å²) < 4.78 is 0.800. The minimum atomic E-state index is -0.328. The van der Waals surface area contributed by atoms with Gasteiger partial charge in [0.05, 0.1) is 5.60 Å². The molecule has 4 fully saturated rings. The summed E-state index contributed by atoms with van der Waals surface area (Å²) in [6, 6.07) is 0. The molecule has 0 aromatic heterocycles. The van der Waals surface area contributed by atoms with Gasteiger partial charge in [-0.3, -0.25) is 0 Å². The van der Waals surface area contributed by atoms with Crippen molar-refractivity contribution >= 4 is 45.2 Å². The number of aliphatic hydroxyl groups is 1. The molecule has 0 aromatic carbocycles. The first kappa shape index (κ1) is 10.6. The summed E-state index contributed by atoms with van der Waals surface area (Å²) in [5.41, 5.74) is 0.0950. The van der Waals surface area contributed by atoms with E-state index >= 15 is 0 Å². The van der Waals surface area contributed by atoms with Gasteiger partial charge in [0, 0.05) is 6.84 Å². The van der Waals surface area contributed by atoms with E-state index in [1.165, 1.54) is 19.3 Å². The van der Waals surface area contributed by atoms with Crippen LogP contribution in [0.1, 0.15) is 45.4 Å². The van der Waals surface area contributed by atoms with Crippen molar-refractivity contribution in [2.75, 3.05) is 0 Å². The molecule has 1 nitrogen and oxygen atoms in total. The first-order valence-corrected chi connectivity index (χ1v) is 7.50. The molecule has 0 amide bonds. The summed E-state index contributed by atoms with van der Waals surface area (Å²) in [7, 11) is 0. The van der Waals surface area contributed by atoms with Crippen LogP contribution in [-0.2, 0) is 0 Å². The van der Waals surface area contributed by atoms with Gasteiger partial charge in [0.15, 0.2) is 0 Å². The minimum absolute atomic E-state index is 0.328. The lowest BCUT2D eigenvalue weighted by Crippen LogP contribution is -2.65. The fraction of sp³-hybridized carbons (Fsp3) is 1.00. The van der Waals surface area contributed by atoms with Gasteiger partial charge in [-0.1, -0.05) is 52.1 Å². The molecule has 0 spiro atoms. The Morgan fingerprint density at radius 3 is 1.71 bits per heavy atom. The van der Waals surface area contributed by atoms with Crippen molar-refractivity contribution in [1.29, 1.82) is 0 Å². The van der Waals surface area contributed by atoms with Gasteiger partial charge in [0.1, 0.15) is 0 Å². The summed E-state index contributed by atoms with van der Waals surface area (Å²) >= 11 is 5.26. The first-order chi connectivity index (χ1) is 6.24. The molecule has 0 saturated heterocycles. The highest BCUT2D eigenvalue weighted by atomic mass is 127. The van der Waals surface area contributed by atoms with Crippen LogP contribution >= 0.6 is 45.2 Å². The topological polar surface area (TPSA) is 20.2 Å². The Bertz CT molecular complexity index is 206. The third kappa shape index (κ3) is 1.48. The quantitative estimate of drug-likeness (QED) is 0.472. The van der Waals surface area contributed by atoms with Crippen LogP contribution in [0.5, 0.6) is 0 Å². The number of hydrogen-bond acceptors (Lipinski definition) is 1. The van der Waals surface area contributed by atoms with Crippen LogP contribution in [0.15, 0.2) is 0 Å². The van der Waals surface area contributed by atoms with E-state index in [-0.39, 0.29) is 5.60 Å². The highest BCUT2D eigenvalue weighted by Crippen LogP contribution is 2.69. The van der Waals surface area contributed by atoms with Crippen molar-refractivity contribution in [3.63, 3.8) is 0 Å². The highest BCUT2D eigenvalue weighted by Gasteiger charge is 2.65. The third-order valence-corrected chi connectivity index (χ3v) is 6.46. The standard InChI is InChI=1S/C11H16I2O/c1-8-2-9(12)5-10(13,3-8)7-11(14,4-8)6-9/h14H,2-7H2,1H3. The van der Waals surface area contributed by atoms with E-state index in [4.69, 9.17) is 0 Å². The predicted octanol–water partition coefficient (Wildman–Crippen LogP) is 3.45. The van der Waals surface area contributed by atoms with Gasteiger partial charge >= 0.3 is 0 Å². The Kier molecular flexibility index (Phi) is 1.99. The van der Waals surface area contributed by atoms with Crippen molar-refractivity contribution in [3.8, 4) is 0 Å². The molecule has 0 aliphatic heterocycles. The summed E-state index contributed by atoms with van der Waals surface area (Å²) in [5, 5.41) is 10.6. The van der Waals surface area contributed by atoms with Crippen LogP contribution in [0.2, 0.25) is 0 Å². The molecule has 4 saturated carbocycles. The van der Waals surface area contributed by atoms with Gasteiger partial charge in [-0.2, -0.15) is 0 Å². The van der Waals surface area contributed by atoms with Crippen molar-refractivity contribution in [2.45, 2.75) is 57.9 Å². The summed E-state index contributed by atoms with van der Waals surface area (Å²) in [6.07, 6.45) is 7.11. The number of alkyl halides is 2. The van der Waals surface area contributed by atoms with E-state index in [0.29, 0.717) is 12.3 Å². The van der Waals surface area contributed by atoms with Gasteiger partial charge in [0.25, 0.3) is 0 Å². The highest BCUT2D eigenvalue weighted by molar-refractivity contribution is 14.1. The molecule has 0 radical (unpaired) electrons. The Balaban J connectivity index is 2.08. The van der Waals surface area contributed by atoms with E-state index < -0.39 is 0 Å². The van der Waals surface area contributed by atoms with Gasteiger partial charge in [-0.25, -0.2) is 0 Å². The molecule has 0 aromatic rings. The molecule has 4 rings (SSSR count). The van der Waals surface area contributed by atoms with Crippen molar-refractivity contribution in [3.05, 3.63) is 0 Å². The Morgan fingerprint density at radius 2 is 1.36 bits per heavy atom. The van der Waals surface area contributed by atoms with E-state index in [9.17, 15) is 5.11 Å². The largest absolute Gasteiger partial charge is 0.390 e. The molecule has 2 atom stereocenters. The number of hydrogen-bond donors (Lipinski definition) is 1. The molecule has 4 aliphatic rings. The van der Waals surface area contributed by atoms with Gasteiger partial charge in [-0.15, -0.1) is 0 Å². The lowest BCUT2D eigenvalue weighted by Gasteiger charge is -2.65. The second kappa shape index (κ2) is 2.63. The first-order valence-electron chi connectivity index (χ1n) is 5.34. The molecule has 80 valence electrons. The molecular formula is C11H16I2O. The lowest BCUT2D eigenvalue weighted by atomic mass is 9.48. The zero-order chi connectivity index (χ0) is 10.2. The second-order valence-electron chi connectivity index (χ2n) is 6.40. The van der Waals surface area contributed by atoms with E-state index in [2.05, 4.69) is 52.1 Å². The summed E-state index contributed by atoms with van der Waals surface area (Å²) in [5.74, 6) is 0. The van der Waals surface area contributed by atoms with Crippen LogP contribution in [0.3, 0.4) is 0 Å². The van der Waals surface area contributed by atoms with E-state index in [1.54, 1.807) is 0 Å². The zero-order valence-corrected chi connectivity index (χ0v) is 12.8. The maximum atomic E-state index is 10.6. The van der Waals surface area contributed by atoms with E-state index in [1.807, 2.05) is 0 Å². The van der Waals surface area contributed by atoms with Crippen molar-refractivity contribution < 1.29 is 5.11 Å². The molecule has 0 heterocycles. The van der Waals surface area contributed by atoms with Gasteiger partial charge in [0.2, 0.25) is 0 Å². The summed E-state index contributed by atoms with van der Waals surface area (Å²) in [4.78, 5) is 0. The molecule has 4 aliphatic carbocycles. The molecule has 4 bridgehead atoms. The monoisotopic (exact) mass is 418 g/mol. The van der Waals surface area contributed by atoms with Crippen LogP contribution in [0, 0.1) is 5.41 Å². The fourth-order valence-corrected chi connectivity index (χ4v) is 10.3. The van der Waals surface area contributed by atoms with Crippen LogP contribution in [0.4, 0.5) is 0 Å². The summed E-state index contributed by atoms with van der Waals surface area (Å²) in [6.45, 7) is 2.39. The molecular weight excluding hydrogens is 402 g/mol. The second-order valence-corrected chi connectivity index (χ2v) is 11.0. The van der Waals surface area contributed by atoms with Crippen molar-refractivity contribution in [1.82, 2.24) is 0 Å². The van der Waals surface area contributed by atoms with Gasteiger partial charge in [-0.05, 0) is 43.9 Å².